The van der Waals surface area contributed by atoms with Crippen LogP contribution in [0.1, 0.15) is 12.5 Å². The van der Waals surface area contributed by atoms with Gasteiger partial charge in [0.1, 0.15) is 5.78 Å². The number of nitrogens with one attached hydrogen (secondary N) is 1. The molecular formula is C11H12F2INO. The first-order valence-corrected chi connectivity index (χ1v) is 5.84. The summed E-state index contributed by atoms with van der Waals surface area (Å²) in [6, 6.07) is 2.32. The Balaban J connectivity index is 2.93. The lowest BCUT2D eigenvalue weighted by Crippen LogP contribution is -2.34. The Kier molecular flexibility index (Phi) is 4.79. The molecule has 1 aromatic carbocycles. The summed E-state index contributed by atoms with van der Waals surface area (Å²) >= 11 is 1.73. The average molecular weight is 339 g/mol. The molecule has 0 aliphatic carbocycles. The van der Waals surface area contributed by atoms with Gasteiger partial charge >= 0.3 is 0 Å². The quantitative estimate of drug-likeness (QED) is 0.674. The zero-order valence-electron chi connectivity index (χ0n) is 8.98. The third-order valence-corrected chi connectivity index (χ3v) is 3.11. The van der Waals surface area contributed by atoms with Crippen molar-refractivity contribution in [1.29, 1.82) is 0 Å². The van der Waals surface area contributed by atoms with Crippen LogP contribution >= 0.6 is 22.6 Å². The molecule has 5 heteroatoms. The van der Waals surface area contributed by atoms with Crippen LogP contribution in [0.15, 0.2) is 12.1 Å². The molecular weight excluding hydrogens is 327 g/mol. The van der Waals surface area contributed by atoms with Crippen LogP contribution in [0.3, 0.4) is 0 Å². The molecule has 0 saturated heterocycles. The molecule has 1 N–H and O–H groups in total. The van der Waals surface area contributed by atoms with Gasteiger partial charge in [0.05, 0.1) is 9.61 Å². The van der Waals surface area contributed by atoms with Gasteiger partial charge in [-0.3, -0.25) is 4.79 Å². The number of likely N-dealkylation sites (N-methyl/N-ethyl adjacent to an activating group) is 1. The van der Waals surface area contributed by atoms with E-state index in [1.165, 1.54) is 6.92 Å². The predicted molar refractivity (Wildman–Crippen MR) is 66.3 cm³/mol. The number of ketones is 1. The van der Waals surface area contributed by atoms with Crippen LogP contribution in [-0.2, 0) is 11.2 Å². The first kappa shape index (κ1) is 13.5. The van der Waals surface area contributed by atoms with Crippen LogP contribution in [0.2, 0.25) is 0 Å². The summed E-state index contributed by atoms with van der Waals surface area (Å²) in [6.07, 6.45) is 0.360. The zero-order chi connectivity index (χ0) is 12.3. The molecule has 0 aliphatic heterocycles. The van der Waals surface area contributed by atoms with E-state index in [0.717, 1.165) is 6.07 Å². The summed E-state index contributed by atoms with van der Waals surface area (Å²) in [5.41, 5.74) is 0.609. The molecule has 1 rings (SSSR count). The van der Waals surface area contributed by atoms with Crippen molar-refractivity contribution in [2.75, 3.05) is 7.05 Å². The highest BCUT2D eigenvalue weighted by Gasteiger charge is 2.15. The number of benzene rings is 1. The molecule has 1 aromatic rings. The first-order valence-electron chi connectivity index (χ1n) is 4.76. The monoisotopic (exact) mass is 339 g/mol. The fourth-order valence-corrected chi connectivity index (χ4v) is 2.07. The maximum absolute atomic E-state index is 13.1. The lowest BCUT2D eigenvalue weighted by molar-refractivity contribution is -0.118. The van der Waals surface area contributed by atoms with E-state index in [1.807, 2.05) is 0 Å². The molecule has 16 heavy (non-hydrogen) atoms. The van der Waals surface area contributed by atoms with Gasteiger partial charge in [0, 0.05) is 0 Å². The average Bonchev–Trinajstić information content (AvgIpc) is 2.21. The molecule has 0 aliphatic rings. The molecule has 0 spiro atoms. The molecule has 0 aromatic heterocycles. The summed E-state index contributed by atoms with van der Waals surface area (Å²) in [6.45, 7) is 1.46. The van der Waals surface area contributed by atoms with Gasteiger partial charge in [0.15, 0.2) is 11.6 Å². The van der Waals surface area contributed by atoms with E-state index < -0.39 is 11.6 Å². The minimum absolute atomic E-state index is 0.0257. The van der Waals surface area contributed by atoms with Crippen LogP contribution in [0, 0.1) is 15.2 Å². The van der Waals surface area contributed by atoms with Gasteiger partial charge in [-0.25, -0.2) is 8.78 Å². The second-order valence-electron chi connectivity index (χ2n) is 3.53. The summed E-state index contributed by atoms with van der Waals surface area (Å²) in [7, 11) is 1.66. The lowest BCUT2D eigenvalue weighted by Gasteiger charge is -2.13. The molecule has 0 fully saturated rings. The number of carbonyl (C=O) groups excluding carboxylic acids is 1. The van der Waals surface area contributed by atoms with Crippen molar-refractivity contribution in [2.45, 2.75) is 19.4 Å². The number of carbonyl (C=O) groups is 1. The van der Waals surface area contributed by atoms with Crippen molar-refractivity contribution in [3.63, 3.8) is 0 Å². The minimum atomic E-state index is -0.875. The van der Waals surface area contributed by atoms with E-state index in [-0.39, 0.29) is 15.4 Å². The Hall–Kier alpha value is -0.560. The summed E-state index contributed by atoms with van der Waals surface area (Å²) < 4.78 is 26.4. The van der Waals surface area contributed by atoms with E-state index in [0.29, 0.717) is 12.0 Å². The molecule has 0 bridgehead atoms. The molecule has 2 nitrogen and oxygen atoms in total. The number of halogens is 3. The molecule has 0 unspecified atom stereocenters. The molecule has 88 valence electrons. The summed E-state index contributed by atoms with van der Waals surface area (Å²) in [4.78, 5) is 11.2. The maximum Gasteiger partial charge on any atom is 0.172 e. The summed E-state index contributed by atoms with van der Waals surface area (Å²) in [5, 5.41) is 2.84. The molecule has 0 saturated carbocycles. The van der Waals surface area contributed by atoms with Crippen molar-refractivity contribution in [3.8, 4) is 0 Å². The van der Waals surface area contributed by atoms with E-state index >= 15 is 0 Å². The van der Waals surface area contributed by atoms with Crippen molar-refractivity contribution in [1.82, 2.24) is 5.32 Å². The fraction of sp³-hybridized carbons (Fsp3) is 0.364. The predicted octanol–water partition coefficient (Wildman–Crippen LogP) is 2.29. The Labute approximate surface area is 107 Å². The Morgan fingerprint density at radius 1 is 1.50 bits per heavy atom. The van der Waals surface area contributed by atoms with E-state index in [2.05, 4.69) is 5.32 Å². The van der Waals surface area contributed by atoms with Crippen molar-refractivity contribution in [2.24, 2.45) is 0 Å². The maximum atomic E-state index is 13.1. The van der Waals surface area contributed by atoms with Crippen molar-refractivity contribution >= 4 is 28.4 Å². The van der Waals surface area contributed by atoms with Crippen LogP contribution in [0.5, 0.6) is 0 Å². The lowest BCUT2D eigenvalue weighted by atomic mass is 10.0. The Bertz CT molecular complexity index is 386. The van der Waals surface area contributed by atoms with E-state index in [9.17, 15) is 13.6 Å². The largest absolute Gasteiger partial charge is 0.310 e. The fourth-order valence-electron chi connectivity index (χ4n) is 1.41. The smallest absolute Gasteiger partial charge is 0.172 e. The van der Waals surface area contributed by atoms with Crippen molar-refractivity contribution < 1.29 is 13.6 Å². The highest BCUT2D eigenvalue weighted by Crippen LogP contribution is 2.18. The second kappa shape index (κ2) is 5.67. The number of hydrogen-bond donors (Lipinski definition) is 1. The first-order chi connectivity index (χ1) is 7.45. The highest BCUT2D eigenvalue weighted by molar-refractivity contribution is 14.1. The second-order valence-corrected chi connectivity index (χ2v) is 4.69. The van der Waals surface area contributed by atoms with Gasteiger partial charge in [-0.2, -0.15) is 0 Å². The third kappa shape index (κ3) is 3.21. The summed E-state index contributed by atoms with van der Waals surface area (Å²) in [5.74, 6) is -1.74. The van der Waals surface area contributed by atoms with Crippen LogP contribution < -0.4 is 5.32 Å². The van der Waals surface area contributed by atoms with E-state index in [4.69, 9.17) is 0 Å². The highest BCUT2D eigenvalue weighted by atomic mass is 127. The number of hydrogen-bond acceptors (Lipinski definition) is 2. The minimum Gasteiger partial charge on any atom is -0.310 e. The third-order valence-electron chi connectivity index (χ3n) is 2.32. The zero-order valence-corrected chi connectivity index (χ0v) is 11.1. The van der Waals surface area contributed by atoms with Gasteiger partial charge in [-0.1, -0.05) is 0 Å². The molecule has 0 radical (unpaired) electrons. The normalized spacial score (nSPS) is 12.6. The Morgan fingerprint density at radius 2 is 2.12 bits per heavy atom. The topological polar surface area (TPSA) is 29.1 Å². The SMILES string of the molecule is CN[C@@H](Cc1cc(F)c(F)c(I)c1)C(C)=O. The van der Waals surface area contributed by atoms with Gasteiger partial charge in [-0.15, -0.1) is 0 Å². The number of rotatable bonds is 4. The van der Waals surface area contributed by atoms with E-state index in [1.54, 1.807) is 35.7 Å². The standard InChI is InChI=1S/C11H12F2INO/c1-6(16)10(15-2)5-7-3-8(12)11(13)9(14)4-7/h3-4,10,15H,5H2,1-2H3/t10-/m0/s1. The van der Waals surface area contributed by atoms with Gasteiger partial charge in [0.25, 0.3) is 0 Å². The molecule has 0 heterocycles. The van der Waals surface area contributed by atoms with Gasteiger partial charge in [0.2, 0.25) is 0 Å². The van der Waals surface area contributed by atoms with Crippen LogP contribution in [0.4, 0.5) is 8.78 Å². The van der Waals surface area contributed by atoms with Gasteiger partial charge in [-0.05, 0) is 60.7 Å². The molecule has 1 atom stereocenters. The number of Topliss-reactive ketones (excluding diaryl/α,β-unsaturated/α-hetero) is 1. The molecule has 0 amide bonds. The van der Waals surface area contributed by atoms with Crippen LogP contribution in [0.25, 0.3) is 0 Å². The van der Waals surface area contributed by atoms with Crippen LogP contribution in [-0.4, -0.2) is 18.9 Å². The van der Waals surface area contributed by atoms with Crippen molar-refractivity contribution in [3.05, 3.63) is 32.9 Å². The Morgan fingerprint density at radius 3 is 2.56 bits per heavy atom. The van der Waals surface area contributed by atoms with Gasteiger partial charge < -0.3 is 5.32 Å².